The highest BCUT2D eigenvalue weighted by Gasteiger charge is 2.10. The average Bonchev–Trinajstić information content (AvgIpc) is 2.86. The van der Waals surface area contributed by atoms with Crippen molar-refractivity contribution in [2.24, 2.45) is 0 Å². The summed E-state index contributed by atoms with van der Waals surface area (Å²) in [5.41, 5.74) is 0.651. The molecule has 2 aromatic heterocycles. The van der Waals surface area contributed by atoms with Crippen molar-refractivity contribution < 1.29 is 4.79 Å². The van der Waals surface area contributed by atoms with Gasteiger partial charge in [-0.2, -0.15) is 5.26 Å². The number of pyridine rings is 1. The third-order valence-corrected chi connectivity index (χ3v) is 3.10. The largest absolute Gasteiger partial charge is 0.295 e. The number of amides is 1. The lowest BCUT2D eigenvalue weighted by Crippen LogP contribution is -2.13. The smallest absolute Gasteiger partial charge is 0.276 e. The number of carbonyl (C=O) groups is 1. The van der Waals surface area contributed by atoms with Crippen molar-refractivity contribution in [1.82, 2.24) is 15.2 Å². The molecule has 0 bridgehead atoms. The second-order valence-electron chi connectivity index (χ2n) is 3.35. The van der Waals surface area contributed by atoms with Crippen molar-refractivity contribution >= 4 is 22.4 Å². The third-order valence-electron chi connectivity index (χ3n) is 2.11. The van der Waals surface area contributed by atoms with Crippen LogP contribution in [0.1, 0.15) is 28.0 Å². The van der Waals surface area contributed by atoms with Gasteiger partial charge in [-0.25, -0.2) is 4.98 Å². The Morgan fingerprint density at radius 2 is 2.33 bits per heavy atom. The third kappa shape index (κ3) is 2.67. The van der Waals surface area contributed by atoms with Gasteiger partial charge in [-0.1, -0.05) is 18.3 Å². The van der Waals surface area contributed by atoms with E-state index in [1.807, 2.05) is 13.0 Å². The molecule has 7 heteroatoms. The van der Waals surface area contributed by atoms with Crippen LogP contribution in [-0.4, -0.2) is 21.1 Å². The molecule has 0 fully saturated rings. The minimum Gasteiger partial charge on any atom is -0.295 e. The van der Waals surface area contributed by atoms with Crippen molar-refractivity contribution in [2.45, 2.75) is 13.3 Å². The number of rotatable bonds is 3. The summed E-state index contributed by atoms with van der Waals surface area (Å²) in [7, 11) is 0. The van der Waals surface area contributed by atoms with E-state index in [0.717, 1.165) is 11.4 Å². The highest BCUT2D eigenvalue weighted by Crippen LogP contribution is 2.16. The van der Waals surface area contributed by atoms with Gasteiger partial charge in [0.25, 0.3) is 5.91 Å². The quantitative estimate of drug-likeness (QED) is 0.904. The first-order valence-corrected chi connectivity index (χ1v) is 6.04. The second-order valence-corrected chi connectivity index (χ2v) is 4.41. The molecule has 18 heavy (non-hydrogen) atoms. The lowest BCUT2D eigenvalue weighted by Gasteiger charge is -1.99. The maximum absolute atomic E-state index is 11.8. The fourth-order valence-electron chi connectivity index (χ4n) is 1.20. The first-order chi connectivity index (χ1) is 8.72. The topological polar surface area (TPSA) is 91.6 Å². The zero-order valence-corrected chi connectivity index (χ0v) is 10.4. The van der Waals surface area contributed by atoms with E-state index >= 15 is 0 Å². The Hall–Kier alpha value is -2.33. The number of aromatic nitrogens is 3. The van der Waals surface area contributed by atoms with Gasteiger partial charge in [-0.05, 0) is 18.6 Å². The molecule has 0 spiro atoms. The Bertz CT molecular complexity index is 599. The summed E-state index contributed by atoms with van der Waals surface area (Å²) in [6.07, 6.45) is 2.13. The lowest BCUT2D eigenvalue weighted by molar-refractivity contribution is 0.102. The normalized spacial score (nSPS) is 9.78. The van der Waals surface area contributed by atoms with Crippen molar-refractivity contribution in [1.29, 1.82) is 5.26 Å². The van der Waals surface area contributed by atoms with Gasteiger partial charge in [-0.3, -0.25) is 10.1 Å². The highest BCUT2D eigenvalue weighted by atomic mass is 32.1. The van der Waals surface area contributed by atoms with Gasteiger partial charge in [0.05, 0.1) is 5.56 Å². The van der Waals surface area contributed by atoms with Crippen LogP contribution in [0.5, 0.6) is 0 Å². The van der Waals surface area contributed by atoms with E-state index in [0.29, 0.717) is 10.7 Å². The number of anilines is 1. The monoisotopic (exact) mass is 259 g/mol. The molecular formula is C11H9N5OS. The zero-order chi connectivity index (χ0) is 13.0. The summed E-state index contributed by atoms with van der Waals surface area (Å²) in [5.74, 6) is -0.363. The molecule has 0 radical (unpaired) electrons. The van der Waals surface area contributed by atoms with Crippen LogP contribution in [-0.2, 0) is 6.42 Å². The van der Waals surface area contributed by atoms with Crippen LogP contribution >= 0.6 is 11.3 Å². The van der Waals surface area contributed by atoms with Crippen LogP contribution in [0.4, 0.5) is 5.13 Å². The van der Waals surface area contributed by atoms with E-state index in [-0.39, 0.29) is 11.6 Å². The Labute approximate surface area is 107 Å². The Kier molecular flexibility index (Phi) is 3.60. The molecule has 2 aromatic rings. The van der Waals surface area contributed by atoms with Crippen LogP contribution < -0.4 is 5.32 Å². The summed E-state index contributed by atoms with van der Waals surface area (Å²) in [6.45, 7) is 1.97. The predicted molar refractivity (Wildman–Crippen MR) is 66.2 cm³/mol. The van der Waals surface area contributed by atoms with Crippen LogP contribution in [0.15, 0.2) is 18.3 Å². The Morgan fingerprint density at radius 1 is 1.50 bits per heavy atom. The van der Waals surface area contributed by atoms with Crippen LogP contribution in [0.25, 0.3) is 0 Å². The van der Waals surface area contributed by atoms with Gasteiger partial charge >= 0.3 is 0 Å². The Morgan fingerprint density at radius 3 is 2.89 bits per heavy atom. The van der Waals surface area contributed by atoms with Crippen LogP contribution in [0.3, 0.4) is 0 Å². The van der Waals surface area contributed by atoms with Gasteiger partial charge in [0, 0.05) is 6.20 Å². The van der Waals surface area contributed by atoms with E-state index < -0.39 is 0 Å². The molecule has 0 aliphatic rings. The first kappa shape index (κ1) is 12.1. The minimum absolute atomic E-state index is 0.238. The van der Waals surface area contributed by atoms with Crippen molar-refractivity contribution in [3.63, 3.8) is 0 Å². The molecule has 2 heterocycles. The number of nitrogens with one attached hydrogen (secondary N) is 1. The van der Waals surface area contributed by atoms with E-state index in [1.54, 1.807) is 6.07 Å². The van der Waals surface area contributed by atoms with Gasteiger partial charge in [0.1, 0.15) is 16.8 Å². The SMILES string of the molecule is CCc1nnc(NC(=O)c2ccc(C#N)cn2)s1. The molecular weight excluding hydrogens is 250 g/mol. The molecule has 6 nitrogen and oxygen atoms in total. The average molecular weight is 259 g/mol. The maximum Gasteiger partial charge on any atom is 0.276 e. The number of nitriles is 1. The molecule has 0 saturated heterocycles. The lowest BCUT2D eigenvalue weighted by atomic mass is 10.2. The summed E-state index contributed by atoms with van der Waals surface area (Å²) >= 11 is 1.33. The standard InChI is InChI=1S/C11H9N5OS/c1-2-9-15-16-11(18-9)14-10(17)8-4-3-7(5-12)6-13-8/h3-4,6H,2H2,1H3,(H,14,16,17). The molecule has 0 aliphatic heterocycles. The zero-order valence-electron chi connectivity index (χ0n) is 9.54. The van der Waals surface area contributed by atoms with E-state index in [4.69, 9.17) is 5.26 Å². The molecule has 0 unspecified atom stereocenters. The summed E-state index contributed by atoms with van der Waals surface area (Å²) < 4.78 is 0. The van der Waals surface area contributed by atoms with Gasteiger partial charge in [0.2, 0.25) is 5.13 Å². The second kappa shape index (κ2) is 5.33. The number of hydrogen-bond donors (Lipinski definition) is 1. The molecule has 0 aromatic carbocycles. The van der Waals surface area contributed by atoms with Gasteiger partial charge in [0.15, 0.2) is 0 Å². The summed E-state index contributed by atoms with van der Waals surface area (Å²) in [5, 5.41) is 20.3. The molecule has 2 rings (SSSR count). The first-order valence-electron chi connectivity index (χ1n) is 5.23. The molecule has 1 N–H and O–H groups in total. The van der Waals surface area contributed by atoms with Gasteiger partial charge < -0.3 is 0 Å². The van der Waals surface area contributed by atoms with Crippen LogP contribution in [0, 0.1) is 11.3 Å². The fourth-order valence-corrected chi connectivity index (χ4v) is 1.88. The summed E-state index contributed by atoms with van der Waals surface area (Å²) in [4.78, 5) is 15.7. The fraction of sp³-hybridized carbons (Fsp3) is 0.182. The highest BCUT2D eigenvalue weighted by molar-refractivity contribution is 7.15. The van der Waals surface area contributed by atoms with E-state index in [1.165, 1.54) is 23.6 Å². The number of hydrogen-bond acceptors (Lipinski definition) is 6. The van der Waals surface area contributed by atoms with Crippen molar-refractivity contribution in [3.05, 3.63) is 34.6 Å². The molecule has 0 saturated carbocycles. The van der Waals surface area contributed by atoms with Gasteiger partial charge in [-0.15, -0.1) is 10.2 Å². The molecule has 1 amide bonds. The molecule has 0 aliphatic carbocycles. The number of carbonyl (C=O) groups excluding carboxylic acids is 1. The van der Waals surface area contributed by atoms with E-state index in [2.05, 4.69) is 20.5 Å². The van der Waals surface area contributed by atoms with E-state index in [9.17, 15) is 4.79 Å². The molecule has 0 atom stereocenters. The maximum atomic E-state index is 11.8. The number of nitrogens with zero attached hydrogens (tertiary/aromatic N) is 4. The summed E-state index contributed by atoms with van der Waals surface area (Å²) in [6, 6.07) is 4.98. The van der Waals surface area contributed by atoms with Crippen molar-refractivity contribution in [2.75, 3.05) is 5.32 Å². The molecule has 90 valence electrons. The van der Waals surface area contributed by atoms with Crippen LogP contribution in [0.2, 0.25) is 0 Å². The van der Waals surface area contributed by atoms with Crippen molar-refractivity contribution in [3.8, 4) is 6.07 Å². The number of aryl methyl sites for hydroxylation is 1. The Balaban J connectivity index is 2.09. The minimum atomic E-state index is -0.363. The predicted octanol–water partition coefficient (Wildman–Crippen LogP) is 1.62.